The molecule has 2 heterocycles. The number of fused-ring (bicyclic) bond motifs is 1. The molecular weight excluding hydrogens is 428 g/mol. The zero-order chi connectivity index (χ0) is 23.6. The van der Waals surface area contributed by atoms with Gasteiger partial charge in [-0.3, -0.25) is 9.69 Å². The molecule has 0 aliphatic carbocycles. The molecule has 6 heteroatoms. The number of carbonyl (C=O) groups is 1. The minimum absolute atomic E-state index is 0.157. The van der Waals surface area contributed by atoms with Gasteiger partial charge in [0, 0.05) is 38.2 Å². The number of piperazine rings is 1. The molecule has 2 aromatic rings. The first-order valence-electron chi connectivity index (χ1n) is 12.6. The van der Waals surface area contributed by atoms with Crippen molar-refractivity contribution in [3.63, 3.8) is 0 Å². The van der Waals surface area contributed by atoms with Crippen molar-refractivity contribution >= 4 is 11.5 Å². The molecular formula is C28H36N2O4. The summed E-state index contributed by atoms with van der Waals surface area (Å²) in [7, 11) is 0. The van der Waals surface area contributed by atoms with Gasteiger partial charge in [-0.05, 0) is 62.2 Å². The molecule has 0 saturated carbocycles. The molecule has 0 N–H and O–H groups in total. The van der Waals surface area contributed by atoms with E-state index in [9.17, 15) is 4.79 Å². The van der Waals surface area contributed by atoms with Crippen LogP contribution in [0.4, 0.5) is 5.69 Å². The lowest BCUT2D eigenvalue weighted by Crippen LogP contribution is -2.46. The van der Waals surface area contributed by atoms with Crippen LogP contribution in [0.25, 0.3) is 0 Å². The summed E-state index contributed by atoms with van der Waals surface area (Å²) in [4.78, 5) is 17.6. The lowest BCUT2D eigenvalue weighted by Gasteiger charge is -2.36. The highest BCUT2D eigenvalue weighted by molar-refractivity contribution is 5.96. The van der Waals surface area contributed by atoms with Crippen molar-refractivity contribution < 1.29 is 19.0 Å². The highest BCUT2D eigenvalue weighted by Crippen LogP contribution is 2.31. The molecule has 0 unspecified atom stereocenters. The quantitative estimate of drug-likeness (QED) is 0.331. The molecule has 1 saturated heterocycles. The maximum atomic E-state index is 12.6. The van der Waals surface area contributed by atoms with Gasteiger partial charge in [0.15, 0.2) is 17.3 Å². The SMILES string of the molecule is CCCCOc1ccccc1N1CCN(CCCCC(=O)c2ccc3c(c2)OC=CCO3)CC1. The van der Waals surface area contributed by atoms with E-state index in [1.54, 1.807) is 12.3 Å². The Morgan fingerprint density at radius 1 is 1.00 bits per heavy atom. The first-order chi connectivity index (χ1) is 16.7. The number of hydrogen-bond donors (Lipinski definition) is 0. The van der Waals surface area contributed by atoms with Gasteiger partial charge < -0.3 is 19.1 Å². The summed E-state index contributed by atoms with van der Waals surface area (Å²) >= 11 is 0. The summed E-state index contributed by atoms with van der Waals surface area (Å²) in [6.45, 7) is 8.53. The number of rotatable bonds is 11. The maximum absolute atomic E-state index is 12.6. The van der Waals surface area contributed by atoms with Gasteiger partial charge in [-0.1, -0.05) is 25.5 Å². The average molecular weight is 465 g/mol. The zero-order valence-corrected chi connectivity index (χ0v) is 20.2. The second-order valence-corrected chi connectivity index (χ2v) is 8.84. The van der Waals surface area contributed by atoms with Gasteiger partial charge in [0.05, 0.1) is 18.6 Å². The molecule has 0 amide bonds. The van der Waals surface area contributed by atoms with Crippen molar-refractivity contribution in [3.8, 4) is 17.2 Å². The number of hydrogen-bond acceptors (Lipinski definition) is 6. The third kappa shape index (κ3) is 6.54. The molecule has 0 radical (unpaired) electrons. The summed E-state index contributed by atoms with van der Waals surface area (Å²) in [5, 5.41) is 0. The number of ether oxygens (including phenoxy) is 3. The Morgan fingerprint density at radius 3 is 2.71 bits per heavy atom. The van der Waals surface area contributed by atoms with Gasteiger partial charge in [0.1, 0.15) is 12.4 Å². The van der Waals surface area contributed by atoms with E-state index in [1.807, 2.05) is 24.3 Å². The largest absolute Gasteiger partial charge is 0.491 e. The third-order valence-electron chi connectivity index (χ3n) is 6.35. The van der Waals surface area contributed by atoms with Gasteiger partial charge in [-0.15, -0.1) is 0 Å². The van der Waals surface area contributed by atoms with E-state index < -0.39 is 0 Å². The van der Waals surface area contributed by atoms with Crippen LogP contribution in [-0.4, -0.2) is 56.6 Å². The number of anilines is 1. The summed E-state index contributed by atoms with van der Waals surface area (Å²) in [6.07, 6.45) is 8.10. The smallest absolute Gasteiger partial charge is 0.169 e. The predicted molar refractivity (Wildman–Crippen MR) is 135 cm³/mol. The van der Waals surface area contributed by atoms with Crippen LogP contribution in [0.1, 0.15) is 49.4 Å². The fourth-order valence-electron chi connectivity index (χ4n) is 4.34. The number of ketones is 1. The normalized spacial score (nSPS) is 15.7. The molecule has 0 atom stereocenters. The lowest BCUT2D eigenvalue weighted by molar-refractivity contribution is 0.0977. The van der Waals surface area contributed by atoms with Crippen molar-refractivity contribution in [1.29, 1.82) is 0 Å². The Hall–Kier alpha value is -2.99. The molecule has 2 aliphatic rings. The van der Waals surface area contributed by atoms with Gasteiger partial charge in [-0.2, -0.15) is 0 Å². The second-order valence-electron chi connectivity index (χ2n) is 8.84. The van der Waals surface area contributed by atoms with Gasteiger partial charge in [-0.25, -0.2) is 0 Å². The zero-order valence-electron chi connectivity index (χ0n) is 20.2. The maximum Gasteiger partial charge on any atom is 0.169 e. The number of Topliss-reactive ketones (excluding diaryl/α,β-unsaturated/α-hetero) is 1. The van der Waals surface area contributed by atoms with Crippen LogP contribution in [0.5, 0.6) is 17.2 Å². The lowest BCUT2D eigenvalue weighted by atomic mass is 10.0. The molecule has 4 rings (SSSR count). The third-order valence-corrected chi connectivity index (χ3v) is 6.35. The molecule has 0 spiro atoms. The van der Waals surface area contributed by atoms with Gasteiger partial charge in [0.25, 0.3) is 0 Å². The first kappa shape index (κ1) is 24.1. The summed E-state index contributed by atoms with van der Waals surface area (Å²) in [5.41, 5.74) is 1.89. The van der Waals surface area contributed by atoms with Crippen LogP contribution in [0.2, 0.25) is 0 Å². The van der Waals surface area contributed by atoms with Crippen LogP contribution < -0.4 is 19.1 Å². The van der Waals surface area contributed by atoms with Crippen LogP contribution >= 0.6 is 0 Å². The standard InChI is InChI=1S/C28H36N2O4/c1-2-3-19-32-26-11-5-4-9-24(26)30-17-15-29(16-18-30)14-7-6-10-25(31)23-12-13-27-28(22-23)34-21-8-20-33-27/h4-5,8-9,11-13,21-22H,2-3,6-7,10,14-20H2,1H3. The molecule has 2 aliphatic heterocycles. The first-order valence-corrected chi connectivity index (χ1v) is 12.6. The molecule has 6 nitrogen and oxygen atoms in total. The summed E-state index contributed by atoms with van der Waals surface area (Å²) < 4.78 is 17.1. The van der Waals surface area contributed by atoms with Crippen LogP contribution in [0.15, 0.2) is 54.8 Å². The summed E-state index contributed by atoms with van der Waals surface area (Å²) in [6, 6.07) is 13.8. The van der Waals surface area contributed by atoms with Crippen molar-refractivity contribution in [2.45, 2.75) is 39.0 Å². The van der Waals surface area contributed by atoms with Gasteiger partial charge >= 0.3 is 0 Å². The molecule has 2 aromatic carbocycles. The average Bonchev–Trinajstić information content (AvgIpc) is 3.12. The number of carbonyl (C=O) groups excluding carboxylic acids is 1. The van der Waals surface area contributed by atoms with E-state index in [1.165, 1.54) is 5.69 Å². The number of benzene rings is 2. The van der Waals surface area contributed by atoms with E-state index in [0.717, 1.165) is 70.8 Å². The number of nitrogens with zero attached hydrogens (tertiary/aromatic N) is 2. The molecule has 0 bridgehead atoms. The molecule has 182 valence electrons. The van der Waals surface area contributed by atoms with E-state index in [2.05, 4.69) is 34.9 Å². The second kappa shape index (κ2) is 12.5. The topological polar surface area (TPSA) is 51.2 Å². The summed E-state index contributed by atoms with van der Waals surface area (Å²) in [5.74, 6) is 2.43. The molecule has 0 aromatic heterocycles. The van der Waals surface area contributed by atoms with Gasteiger partial charge in [0.2, 0.25) is 0 Å². The Labute approximate surface area is 203 Å². The van der Waals surface area contributed by atoms with Crippen LogP contribution in [0, 0.1) is 0 Å². The van der Waals surface area contributed by atoms with E-state index in [4.69, 9.17) is 14.2 Å². The van der Waals surface area contributed by atoms with E-state index >= 15 is 0 Å². The molecule has 34 heavy (non-hydrogen) atoms. The van der Waals surface area contributed by atoms with Crippen molar-refractivity contribution in [1.82, 2.24) is 4.90 Å². The fourth-order valence-corrected chi connectivity index (χ4v) is 4.34. The fraction of sp³-hybridized carbons (Fsp3) is 0.464. The Morgan fingerprint density at radius 2 is 1.85 bits per heavy atom. The van der Waals surface area contributed by atoms with E-state index in [-0.39, 0.29) is 5.78 Å². The van der Waals surface area contributed by atoms with Crippen LogP contribution in [0.3, 0.4) is 0 Å². The van der Waals surface area contributed by atoms with E-state index in [0.29, 0.717) is 30.1 Å². The highest BCUT2D eigenvalue weighted by Gasteiger charge is 2.19. The Bertz CT molecular complexity index is 967. The number of para-hydroxylation sites is 2. The highest BCUT2D eigenvalue weighted by atomic mass is 16.5. The minimum Gasteiger partial charge on any atom is -0.491 e. The predicted octanol–water partition coefficient (Wildman–Crippen LogP) is 5.33. The van der Waals surface area contributed by atoms with Crippen molar-refractivity contribution in [3.05, 3.63) is 60.4 Å². The molecule has 1 fully saturated rings. The monoisotopic (exact) mass is 464 g/mol. The minimum atomic E-state index is 0.157. The Kier molecular flexibility index (Phi) is 8.85. The van der Waals surface area contributed by atoms with Crippen molar-refractivity contribution in [2.24, 2.45) is 0 Å². The van der Waals surface area contributed by atoms with Crippen LogP contribution in [-0.2, 0) is 0 Å². The van der Waals surface area contributed by atoms with Crippen molar-refractivity contribution in [2.75, 3.05) is 50.8 Å². The number of unbranched alkanes of at least 4 members (excludes halogenated alkanes) is 2. The Balaban J connectivity index is 1.18.